The first kappa shape index (κ1) is 11.9. The van der Waals surface area contributed by atoms with Crippen LogP contribution in [0, 0.1) is 21.7 Å². The molecule has 0 atom stereocenters. The Kier molecular flexibility index (Phi) is 2.82. The highest BCUT2D eigenvalue weighted by atomic mass is 19.2. The quantitative estimate of drug-likeness (QED) is 0.654. The van der Waals surface area contributed by atoms with Crippen molar-refractivity contribution in [3.8, 4) is 0 Å². The van der Waals surface area contributed by atoms with Gasteiger partial charge in [0.15, 0.2) is 11.6 Å². The van der Waals surface area contributed by atoms with Gasteiger partial charge in [-0.25, -0.2) is 8.78 Å². The molecule has 1 aliphatic carbocycles. The van der Waals surface area contributed by atoms with Crippen LogP contribution in [0.3, 0.4) is 0 Å². The van der Waals surface area contributed by atoms with Gasteiger partial charge in [-0.3, -0.25) is 10.1 Å². The number of nitro groups is 1. The number of aliphatic hydroxyl groups is 1. The van der Waals surface area contributed by atoms with E-state index in [0.717, 1.165) is 12.5 Å². The van der Waals surface area contributed by atoms with Gasteiger partial charge in [-0.1, -0.05) is 6.42 Å². The Labute approximate surface area is 96.0 Å². The van der Waals surface area contributed by atoms with E-state index < -0.39 is 27.7 Å². The lowest BCUT2D eigenvalue weighted by Crippen LogP contribution is -2.38. The number of aliphatic hydroxyl groups excluding tert-OH is 1. The molecule has 4 nitrogen and oxygen atoms in total. The van der Waals surface area contributed by atoms with Crippen molar-refractivity contribution in [1.29, 1.82) is 0 Å². The molecule has 0 radical (unpaired) electrons. The molecular weight excluding hydrogens is 232 g/mol. The van der Waals surface area contributed by atoms with Crippen LogP contribution in [0.15, 0.2) is 12.1 Å². The molecular formula is C11H11F2NO3. The van der Waals surface area contributed by atoms with E-state index in [1.165, 1.54) is 0 Å². The van der Waals surface area contributed by atoms with Crippen molar-refractivity contribution in [2.24, 2.45) is 0 Å². The predicted molar refractivity (Wildman–Crippen MR) is 55.6 cm³/mol. The van der Waals surface area contributed by atoms with Gasteiger partial charge in [0.1, 0.15) is 0 Å². The number of nitro benzene ring substituents is 1. The number of nitrogens with zero attached hydrogens (tertiary/aromatic N) is 1. The summed E-state index contributed by atoms with van der Waals surface area (Å²) in [4.78, 5) is 10.1. The highest BCUT2D eigenvalue weighted by molar-refractivity contribution is 5.47. The van der Waals surface area contributed by atoms with Crippen LogP contribution in [0.4, 0.5) is 14.5 Å². The Morgan fingerprint density at radius 2 is 1.94 bits per heavy atom. The van der Waals surface area contributed by atoms with Crippen LogP contribution in [-0.2, 0) is 5.41 Å². The Morgan fingerprint density at radius 1 is 1.35 bits per heavy atom. The highest BCUT2D eigenvalue weighted by Crippen LogP contribution is 2.47. The average molecular weight is 243 g/mol. The molecule has 0 amide bonds. The molecule has 6 heteroatoms. The van der Waals surface area contributed by atoms with E-state index in [-0.39, 0.29) is 12.2 Å². The Balaban J connectivity index is 2.59. The van der Waals surface area contributed by atoms with E-state index in [9.17, 15) is 24.0 Å². The van der Waals surface area contributed by atoms with E-state index in [1.54, 1.807) is 0 Å². The molecule has 1 aromatic rings. The Morgan fingerprint density at radius 3 is 2.35 bits per heavy atom. The van der Waals surface area contributed by atoms with Gasteiger partial charge in [0.2, 0.25) is 0 Å². The molecule has 1 aliphatic rings. The van der Waals surface area contributed by atoms with Crippen LogP contribution in [0.1, 0.15) is 24.8 Å². The number of benzene rings is 1. The zero-order valence-corrected chi connectivity index (χ0v) is 8.95. The van der Waals surface area contributed by atoms with Gasteiger partial charge >= 0.3 is 0 Å². The van der Waals surface area contributed by atoms with Crippen LogP contribution >= 0.6 is 0 Å². The third kappa shape index (κ3) is 1.78. The van der Waals surface area contributed by atoms with E-state index >= 15 is 0 Å². The van der Waals surface area contributed by atoms with Gasteiger partial charge in [-0.2, -0.15) is 0 Å². The standard InChI is InChI=1S/C11H11F2NO3/c12-8-4-7(11(6-15)2-1-3-11)10(14(16)17)5-9(8)13/h4-5,15H,1-3,6H2. The highest BCUT2D eigenvalue weighted by Gasteiger charge is 2.43. The molecule has 1 N–H and O–H groups in total. The molecule has 17 heavy (non-hydrogen) atoms. The lowest BCUT2D eigenvalue weighted by atomic mass is 9.64. The fourth-order valence-corrected chi connectivity index (χ4v) is 2.23. The monoisotopic (exact) mass is 243 g/mol. The van der Waals surface area contributed by atoms with Gasteiger partial charge < -0.3 is 5.11 Å². The minimum atomic E-state index is -1.24. The molecule has 0 saturated heterocycles. The molecule has 0 spiro atoms. The van der Waals surface area contributed by atoms with Crippen molar-refractivity contribution in [3.63, 3.8) is 0 Å². The second-order valence-corrected chi connectivity index (χ2v) is 4.33. The largest absolute Gasteiger partial charge is 0.395 e. The summed E-state index contributed by atoms with van der Waals surface area (Å²) >= 11 is 0. The molecule has 1 saturated carbocycles. The minimum absolute atomic E-state index is 0.0927. The SMILES string of the molecule is O=[N+]([O-])c1cc(F)c(F)cc1C1(CO)CCC1. The fraction of sp³-hybridized carbons (Fsp3) is 0.455. The van der Waals surface area contributed by atoms with Crippen molar-refractivity contribution in [2.45, 2.75) is 24.7 Å². The van der Waals surface area contributed by atoms with Crippen molar-refractivity contribution in [1.82, 2.24) is 0 Å². The maximum absolute atomic E-state index is 13.2. The smallest absolute Gasteiger partial charge is 0.276 e. The molecule has 0 aromatic heterocycles. The Hall–Kier alpha value is -1.56. The second-order valence-electron chi connectivity index (χ2n) is 4.33. The van der Waals surface area contributed by atoms with Crippen molar-refractivity contribution >= 4 is 5.69 Å². The van der Waals surface area contributed by atoms with Gasteiger partial charge in [0.25, 0.3) is 5.69 Å². The first-order valence-electron chi connectivity index (χ1n) is 5.25. The average Bonchev–Trinajstić information content (AvgIpc) is 2.21. The van der Waals surface area contributed by atoms with Crippen LogP contribution in [-0.4, -0.2) is 16.6 Å². The third-order valence-corrected chi connectivity index (χ3v) is 3.42. The maximum Gasteiger partial charge on any atom is 0.276 e. The van der Waals surface area contributed by atoms with Crippen LogP contribution in [0.2, 0.25) is 0 Å². The summed E-state index contributed by atoms with van der Waals surface area (Å²) in [5.41, 5.74) is -1.15. The molecule has 2 rings (SSSR count). The summed E-state index contributed by atoms with van der Waals surface area (Å²) in [6.07, 6.45) is 1.92. The second kappa shape index (κ2) is 4.03. The predicted octanol–water partition coefficient (Wildman–Crippen LogP) is 2.29. The number of halogens is 2. The summed E-state index contributed by atoms with van der Waals surface area (Å²) in [5, 5.41) is 20.1. The molecule has 1 aromatic carbocycles. The minimum Gasteiger partial charge on any atom is -0.395 e. The summed E-state index contributed by atoms with van der Waals surface area (Å²) in [5.74, 6) is -2.36. The molecule has 0 unspecified atom stereocenters. The summed E-state index contributed by atoms with van der Waals surface area (Å²) in [6, 6.07) is 1.42. The van der Waals surface area contributed by atoms with Gasteiger partial charge in [0, 0.05) is 11.0 Å². The zero-order valence-electron chi connectivity index (χ0n) is 8.95. The number of hydrogen-bond acceptors (Lipinski definition) is 3. The summed E-state index contributed by atoms with van der Waals surface area (Å²) in [6.45, 7) is -0.293. The first-order chi connectivity index (χ1) is 8.00. The van der Waals surface area contributed by atoms with Crippen molar-refractivity contribution in [2.75, 3.05) is 6.61 Å². The van der Waals surface area contributed by atoms with Gasteiger partial charge in [0.05, 0.1) is 17.6 Å². The fourth-order valence-electron chi connectivity index (χ4n) is 2.23. The molecule has 92 valence electrons. The lowest BCUT2D eigenvalue weighted by molar-refractivity contribution is -0.386. The summed E-state index contributed by atoms with van der Waals surface area (Å²) < 4.78 is 26.2. The van der Waals surface area contributed by atoms with Crippen molar-refractivity contribution in [3.05, 3.63) is 39.4 Å². The van der Waals surface area contributed by atoms with E-state index in [4.69, 9.17) is 0 Å². The topological polar surface area (TPSA) is 63.4 Å². The molecule has 1 fully saturated rings. The van der Waals surface area contributed by atoms with Crippen molar-refractivity contribution < 1.29 is 18.8 Å². The number of rotatable bonds is 3. The van der Waals surface area contributed by atoms with E-state index in [0.29, 0.717) is 18.9 Å². The third-order valence-electron chi connectivity index (χ3n) is 3.42. The summed E-state index contributed by atoms with van der Waals surface area (Å²) in [7, 11) is 0. The molecule has 0 aliphatic heterocycles. The molecule has 0 heterocycles. The van der Waals surface area contributed by atoms with Crippen LogP contribution in [0.25, 0.3) is 0 Å². The van der Waals surface area contributed by atoms with E-state index in [1.807, 2.05) is 0 Å². The zero-order chi connectivity index (χ0) is 12.6. The van der Waals surface area contributed by atoms with Gasteiger partial charge in [-0.05, 0) is 18.9 Å². The van der Waals surface area contributed by atoms with Crippen LogP contribution in [0.5, 0.6) is 0 Å². The maximum atomic E-state index is 13.2. The Bertz CT molecular complexity index is 467. The number of hydrogen-bond donors (Lipinski definition) is 1. The van der Waals surface area contributed by atoms with Gasteiger partial charge in [-0.15, -0.1) is 0 Å². The van der Waals surface area contributed by atoms with Crippen LogP contribution < -0.4 is 0 Å². The van der Waals surface area contributed by atoms with E-state index in [2.05, 4.69) is 0 Å². The lowest BCUT2D eigenvalue weighted by Gasteiger charge is -2.40. The first-order valence-corrected chi connectivity index (χ1v) is 5.25. The normalized spacial score (nSPS) is 17.6. The molecule has 0 bridgehead atoms.